The maximum atomic E-state index is 12.3. The van der Waals surface area contributed by atoms with Crippen molar-refractivity contribution in [3.05, 3.63) is 29.8 Å². The highest BCUT2D eigenvalue weighted by atomic mass is 32.1. The smallest absolute Gasteiger partial charge is 0.257 e. The zero-order valence-electron chi connectivity index (χ0n) is 14.8. The number of rotatable bonds is 7. The van der Waals surface area contributed by atoms with Crippen molar-refractivity contribution in [2.45, 2.75) is 19.8 Å². The molecule has 0 radical (unpaired) electrons. The molecule has 1 aromatic rings. The highest BCUT2D eigenvalue weighted by Gasteiger charge is 2.22. The predicted molar refractivity (Wildman–Crippen MR) is 101 cm³/mol. The van der Waals surface area contributed by atoms with Gasteiger partial charge in [-0.25, -0.2) is 0 Å². The quantitative estimate of drug-likeness (QED) is 0.471. The lowest BCUT2D eigenvalue weighted by molar-refractivity contribution is -0.904. The molecule has 0 unspecified atom stereocenters. The number of nitrogens with zero attached hydrogens (tertiary/aromatic N) is 1. The van der Waals surface area contributed by atoms with Gasteiger partial charge in [-0.3, -0.25) is 10.1 Å². The second kappa shape index (κ2) is 10.3. The largest absolute Gasteiger partial charge is 0.494 e. The molecule has 0 bridgehead atoms. The first kappa shape index (κ1) is 19.6. The van der Waals surface area contributed by atoms with Crippen molar-refractivity contribution in [1.29, 1.82) is 0 Å². The maximum absolute atomic E-state index is 12.3. The molecular weight excluding hydrogens is 338 g/mol. The number of unbranched alkanes of at least 4 members (excludes halogenated alkanes) is 1. The number of hydrogen-bond donors (Lipinski definition) is 3. The number of hydrogen-bond acceptors (Lipinski definition) is 4. The molecule has 0 aromatic heterocycles. The van der Waals surface area contributed by atoms with Crippen molar-refractivity contribution in [3.63, 3.8) is 0 Å². The molecule has 0 saturated carbocycles. The van der Waals surface area contributed by atoms with E-state index in [1.165, 1.54) is 4.90 Å². The van der Waals surface area contributed by atoms with Crippen LogP contribution < -0.4 is 15.0 Å². The van der Waals surface area contributed by atoms with Gasteiger partial charge in [0.15, 0.2) is 5.11 Å². The summed E-state index contributed by atoms with van der Waals surface area (Å²) in [5, 5.41) is 12.3. The third-order valence-corrected chi connectivity index (χ3v) is 4.69. The van der Waals surface area contributed by atoms with E-state index in [1.807, 2.05) is 17.0 Å². The summed E-state index contributed by atoms with van der Waals surface area (Å²) in [5.41, 5.74) is 0.565. The number of amides is 1. The lowest BCUT2D eigenvalue weighted by atomic mass is 10.2. The fourth-order valence-electron chi connectivity index (χ4n) is 2.72. The van der Waals surface area contributed by atoms with Gasteiger partial charge < -0.3 is 19.6 Å². The highest BCUT2D eigenvalue weighted by molar-refractivity contribution is 7.80. The molecule has 1 aromatic carbocycles. The standard InChI is InChI=1S/C18H27N3O3S/c1-2-3-14-24-16-6-4-15(5-7-16)17(23)19-18(25)21-10-8-20(9-11-21)12-13-22/h4-7,22H,2-3,8-14H2,1H3,(H,19,23,25)/p+1. The average molecular weight is 367 g/mol. The van der Waals surface area contributed by atoms with E-state index in [-0.39, 0.29) is 12.5 Å². The molecule has 1 heterocycles. The molecule has 25 heavy (non-hydrogen) atoms. The summed E-state index contributed by atoms with van der Waals surface area (Å²) < 4.78 is 5.60. The lowest BCUT2D eigenvalue weighted by Gasteiger charge is -2.33. The Hall–Kier alpha value is -1.70. The summed E-state index contributed by atoms with van der Waals surface area (Å²) in [4.78, 5) is 15.7. The van der Waals surface area contributed by atoms with Gasteiger partial charge in [-0.1, -0.05) is 13.3 Å². The van der Waals surface area contributed by atoms with Crippen molar-refractivity contribution >= 4 is 23.2 Å². The third kappa shape index (κ3) is 6.26. The molecule has 138 valence electrons. The minimum Gasteiger partial charge on any atom is -0.494 e. The zero-order chi connectivity index (χ0) is 18.1. The van der Waals surface area contributed by atoms with E-state index < -0.39 is 0 Å². The number of quaternary nitrogens is 1. The molecular formula is C18H28N3O3S+. The molecule has 0 aliphatic carbocycles. The Morgan fingerprint density at radius 2 is 2.00 bits per heavy atom. The Morgan fingerprint density at radius 1 is 1.32 bits per heavy atom. The molecule has 6 nitrogen and oxygen atoms in total. The number of carbonyl (C=O) groups excluding carboxylic acids is 1. The lowest BCUT2D eigenvalue weighted by Crippen LogP contribution is -3.15. The van der Waals surface area contributed by atoms with Gasteiger partial charge >= 0.3 is 0 Å². The molecule has 1 aliphatic rings. The highest BCUT2D eigenvalue weighted by Crippen LogP contribution is 2.12. The molecule has 0 atom stereocenters. The number of benzene rings is 1. The first-order valence-electron chi connectivity index (χ1n) is 8.91. The van der Waals surface area contributed by atoms with Crippen LogP contribution in [0.4, 0.5) is 0 Å². The van der Waals surface area contributed by atoms with Crippen molar-refractivity contribution in [2.75, 3.05) is 45.9 Å². The fraction of sp³-hybridized carbons (Fsp3) is 0.556. The Kier molecular flexibility index (Phi) is 8.11. The van der Waals surface area contributed by atoms with Crippen molar-refractivity contribution < 1.29 is 19.5 Å². The van der Waals surface area contributed by atoms with E-state index in [9.17, 15) is 4.79 Å². The number of aliphatic hydroxyl groups is 1. The monoisotopic (exact) mass is 366 g/mol. The number of nitrogens with one attached hydrogen (secondary N) is 2. The van der Waals surface area contributed by atoms with Crippen molar-refractivity contribution in [2.24, 2.45) is 0 Å². The van der Waals surface area contributed by atoms with Crippen LogP contribution in [0.15, 0.2) is 24.3 Å². The molecule has 1 aliphatic heterocycles. The van der Waals surface area contributed by atoms with Crippen molar-refractivity contribution in [3.8, 4) is 5.75 Å². The van der Waals surface area contributed by atoms with Gasteiger partial charge in [-0.15, -0.1) is 0 Å². The first-order valence-corrected chi connectivity index (χ1v) is 9.32. The van der Waals surface area contributed by atoms with E-state index in [1.54, 1.807) is 12.1 Å². The minimum absolute atomic E-state index is 0.199. The van der Waals surface area contributed by atoms with E-state index in [4.69, 9.17) is 22.1 Å². The Morgan fingerprint density at radius 3 is 2.60 bits per heavy atom. The van der Waals surface area contributed by atoms with Gasteiger partial charge in [0, 0.05) is 5.56 Å². The van der Waals surface area contributed by atoms with Crippen LogP contribution in [0.2, 0.25) is 0 Å². The van der Waals surface area contributed by atoms with Crippen LogP contribution in [0, 0.1) is 0 Å². The van der Waals surface area contributed by atoms with Crippen LogP contribution in [0.25, 0.3) is 0 Å². The first-order chi connectivity index (χ1) is 12.1. The molecule has 1 fully saturated rings. The topological polar surface area (TPSA) is 66.2 Å². The van der Waals surface area contributed by atoms with E-state index in [2.05, 4.69) is 12.2 Å². The summed E-state index contributed by atoms with van der Waals surface area (Å²) in [6.45, 7) is 7.19. The van der Waals surface area contributed by atoms with E-state index in [0.717, 1.165) is 51.3 Å². The summed E-state index contributed by atoms with van der Waals surface area (Å²) in [6.07, 6.45) is 2.11. The van der Waals surface area contributed by atoms with E-state index >= 15 is 0 Å². The van der Waals surface area contributed by atoms with Crippen LogP contribution in [-0.2, 0) is 0 Å². The second-order valence-electron chi connectivity index (χ2n) is 6.20. The fourth-order valence-corrected chi connectivity index (χ4v) is 2.99. The molecule has 1 amide bonds. The second-order valence-corrected chi connectivity index (χ2v) is 6.58. The number of ether oxygens (including phenoxy) is 1. The summed E-state index contributed by atoms with van der Waals surface area (Å²) in [6, 6.07) is 7.13. The van der Waals surface area contributed by atoms with Crippen LogP contribution in [-0.4, -0.2) is 67.0 Å². The van der Waals surface area contributed by atoms with E-state index in [0.29, 0.717) is 17.3 Å². The minimum atomic E-state index is -0.199. The van der Waals surface area contributed by atoms with Gasteiger partial charge in [0.25, 0.3) is 5.91 Å². The van der Waals surface area contributed by atoms with Crippen LogP contribution >= 0.6 is 12.2 Å². The van der Waals surface area contributed by atoms with Crippen LogP contribution in [0.1, 0.15) is 30.1 Å². The molecule has 7 heteroatoms. The number of aliphatic hydroxyl groups excluding tert-OH is 1. The van der Waals surface area contributed by atoms with Gasteiger partial charge in [0.1, 0.15) is 12.3 Å². The van der Waals surface area contributed by atoms with Gasteiger partial charge in [-0.05, 0) is 42.9 Å². The number of thiocarbonyl (C=S) groups is 1. The Bertz CT molecular complexity index is 557. The molecule has 2 rings (SSSR count). The van der Waals surface area contributed by atoms with Crippen LogP contribution in [0.5, 0.6) is 5.75 Å². The van der Waals surface area contributed by atoms with Gasteiger partial charge in [0.05, 0.1) is 39.4 Å². The van der Waals surface area contributed by atoms with Gasteiger partial charge in [0.2, 0.25) is 0 Å². The van der Waals surface area contributed by atoms with Gasteiger partial charge in [-0.2, -0.15) is 0 Å². The molecule has 1 saturated heterocycles. The SMILES string of the molecule is CCCCOc1ccc(C(=O)NC(=S)N2CC[NH+](CCO)CC2)cc1. The summed E-state index contributed by atoms with van der Waals surface area (Å²) in [7, 11) is 0. The zero-order valence-corrected chi connectivity index (χ0v) is 15.6. The maximum Gasteiger partial charge on any atom is 0.257 e. The number of piperazine rings is 1. The average Bonchev–Trinajstić information content (AvgIpc) is 2.63. The van der Waals surface area contributed by atoms with Crippen molar-refractivity contribution in [1.82, 2.24) is 10.2 Å². The Balaban J connectivity index is 1.80. The predicted octanol–water partition coefficient (Wildman–Crippen LogP) is 0.0730. The third-order valence-electron chi connectivity index (χ3n) is 4.33. The summed E-state index contributed by atoms with van der Waals surface area (Å²) in [5.74, 6) is 0.575. The molecule has 3 N–H and O–H groups in total. The molecule has 0 spiro atoms. The number of carbonyl (C=O) groups is 1. The normalized spacial score (nSPS) is 15.0. The van der Waals surface area contributed by atoms with Crippen LogP contribution in [0.3, 0.4) is 0 Å². The Labute approximate surface area is 154 Å². The summed E-state index contributed by atoms with van der Waals surface area (Å²) >= 11 is 5.36.